The number of halogens is 3. The Kier molecular flexibility index (Phi) is 4.04. The molecule has 0 fully saturated rings. The predicted octanol–water partition coefficient (Wildman–Crippen LogP) is 3.50. The first-order valence-corrected chi connectivity index (χ1v) is 7.38. The van der Waals surface area contributed by atoms with Gasteiger partial charge in [0.1, 0.15) is 11.4 Å². The standard InChI is InChI=1S/C15H11Cl2FN2O3/c1-22-15(21)13-9(17)11(19)10(18)12(20-13)6-2-3-8(16)14-7(6)4-5-23-14/h2-3H,4-5H2,1H3,(H2,19,20). The van der Waals surface area contributed by atoms with E-state index in [1.54, 1.807) is 12.1 Å². The zero-order valence-electron chi connectivity index (χ0n) is 12.0. The summed E-state index contributed by atoms with van der Waals surface area (Å²) in [5.41, 5.74) is 6.14. The van der Waals surface area contributed by atoms with Crippen LogP contribution in [0.3, 0.4) is 0 Å². The first-order valence-electron chi connectivity index (χ1n) is 6.63. The van der Waals surface area contributed by atoms with Crippen LogP contribution in [0.15, 0.2) is 12.1 Å². The van der Waals surface area contributed by atoms with Gasteiger partial charge < -0.3 is 15.2 Å². The molecule has 0 unspecified atom stereocenters. The van der Waals surface area contributed by atoms with Gasteiger partial charge in [-0.2, -0.15) is 0 Å². The van der Waals surface area contributed by atoms with Crippen LogP contribution in [0, 0.1) is 5.82 Å². The maximum absolute atomic E-state index is 14.6. The number of hydrogen-bond acceptors (Lipinski definition) is 5. The molecule has 0 atom stereocenters. The molecule has 0 radical (unpaired) electrons. The molecule has 1 aliphatic rings. The highest BCUT2D eigenvalue weighted by molar-refractivity contribution is 6.36. The molecule has 0 aliphatic carbocycles. The van der Waals surface area contributed by atoms with Crippen LogP contribution in [0.4, 0.5) is 10.1 Å². The minimum Gasteiger partial charge on any atom is -0.491 e. The lowest BCUT2D eigenvalue weighted by Crippen LogP contribution is -2.10. The van der Waals surface area contributed by atoms with Crippen molar-refractivity contribution in [3.8, 4) is 17.0 Å². The molecule has 8 heteroatoms. The summed E-state index contributed by atoms with van der Waals surface area (Å²) in [5.74, 6) is -1.12. The SMILES string of the molecule is COC(=O)c1nc(-c2ccc(Cl)c3c2CCO3)c(F)c(N)c1Cl. The maximum Gasteiger partial charge on any atom is 0.358 e. The van der Waals surface area contributed by atoms with E-state index in [0.29, 0.717) is 34.9 Å². The number of carbonyl (C=O) groups is 1. The van der Waals surface area contributed by atoms with Gasteiger partial charge in [-0.05, 0) is 6.07 Å². The Morgan fingerprint density at radius 2 is 2.17 bits per heavy atom. The van der Waals surface area contributed by atoms with Crippen molar-refractivity contribution >= 4 is 34.9 Å². The van der Waals surface area contributed by atoms with Gasteiger partial charge >= 0.3 is 5.97 Å². The molecule has 0 saturated carbocycles. The summed E-state index contributed by atoms with van der Waals surface area (Å²) >= 11 is 12.0. The minimum atomic E-state index is -0.806. The molecule has 120 valence electrons. The third kappa shape index (κ3) is 2.48. The predicted molar refractivity (Wildman–Crippen MR) is 84.6 cm³/mol. The number of anilines is 1. The van der Waals surface area contributed by atoms with Crippen molar-refractivity contribution in [2.45, 2.75) is 6.42 Å². The van der Waals surface area contributed by atoms with Crippen molar-refractivity contribution in [2.75, 3.05) is 19.5 Å². The van der Waals surface area contributed by atoms with Gasteiger partial charge in [0.05, 0.1) is 29.4 Å². The Morgan fingerprint density at radius 3 is 2.87 bits per heavy atom. The molecule has 0 saturated heterocycles. The van der Waals surface area contributed by atoms with Crippen LogP contribution in [0.5, 0.6) is 5.75 Å². The van der Waals surface area contributed by atoms with Crippen molar-refractivity contribution in [1.82, 2.24) is 4.98 Å². The molecule has 5 nitrogen and oxygen atoms in total. The highest BCUT2D eigenvalue weighted by atomic mass is 35.5. The summed E-state index contributed by atoms with van der Waals surface area (Å²) in [6.45, 7) is 0.431. The number of ether oxygens (including phenoxy) is 2. The first kappa shape index (κ1) is 15.8. The lowest BCUT2D eigenvalue weighted by molar-refractivity contribution is 0.0594. The lowest BCUT2D eigenvalue weighted by atomic mass is 10.0. The van der Waals surface area contributed by atoms with Gasteiger partial charge in [0.25, 0.3) is 0 Å². The Morgan fingerprint density at radius 1 is 1.43 bits per heavy atom. The van der Waals surface area contributed by atoms with Gasteiger partial charge in [-0.15, -0.1) is 0 Å². The van der Waals surface area contributed by atoms with E-state index in [-0.39, 0.29) is 22.1 Å². The Bertz CT molecular complexity index is 827. The van der Waals surface area contributed by atoms with E-state index in [4.69, 9.17) is 33.7 Å². The molecular formula is C15H11Cl2FN2O3. The Balaban J connectivity index is 2.28. The van der Waals surface area contributed by atoms with Crippen molar-refractivity contribution in [3.63, 3.8) is 0 Å². The molecule has 23 heavy (non-hydrogen) atoms. The normalized spacial score (nSPS) is 12.7. The van der Waals surface area contributed by atoms with Crippen molar-refractivity contribution in [3.05, 3.63) is 39.3 Å². The average Bonchev–Trinajstić information content (AvgIpc) is 3.04. The molecule has 0 amide bonds. The van der Waals surface area contributed by atoms with Crippen LogP contribution in [-0.4, -0.2) is 24.7 Å². The van der Waals surface area contributed by atoms with E-state index >= 15 is 0 Å². The molecule has 0 spiro atoms. The molecule has 1 aliphatic heterocycles. The van der Waals surface area contributed by atoms with Gasteiger partial charge in [0.15, 0.2) is 11.5 Å². The second kappa shape index (κ2) is 5.86. The van der Waals surface area contributed by atoms with E-state index in [1.165, 1.54) is 7.11 Å². The maximum atomic E-state index is 14.6. The fourth-order valence-electron chi connectivity index (χ4n) is 2.45. The van der Waals surface area contributed by atoms with Crippen LogP contribution < -0.4 is 10.5 Å². The summed E-state index contributed by atoms with van der Waals surface area (Å²) in [6, 6.07) is 3.18. The number of carbonyl (C=O) groups excluding carboxylic acids is 1. The molecule has 0 bridgehead atoms. The smallest absolute Gasteiger partial charge is 0.358 e. The first-order chi connectivity index (χ1) is 11.0. The third-order valence-electron chi connectivity index (χ3n) is 3.56. The molecule has 2 aromatic rings. The molecule has 2 heterocycles. The van der Waals surface area contributed by atoms with Gasteiger partial charge in [0, 0.05) is 17.5 Å². The fourth-order valence-corrected chi connectivity index (χ4v) is 2.89. The summed E-state index contributed by atoms with van der Waals surface area (Å²) in [7, 11) is 1.17. The van der Waals surface area contributed by atoms with Crippen LogP contribution in [0.2, 0.25) is 10.0 Å². The Labute approximate surface area is 141 Å². The molecule has 1 aromatic carbocycles. The van der Waals surface area contributed by atoms with E-state index in [1.807, 2.05) is 0 Å². The minimum absolute atomic E-state index is 0.0919. The second-order valence-corrected chi connectivity index (χ2v) is 5.63. The molecule has 3 rings (SSSR count). The summed E-state index contributed by atoms with van der Waals surface area (Å²) in [6.07, 6.45) is 0.544. The van der Waals surface area contributed by atoms with Gasteiger partial charge in [-0.3, -0.25) is 0 Å². The number of methoxy groups -OCH3 is 1. The van der Waals surface area contributed by atoms with E-state index in [0.717, 1.165) is 0 Å². The molecular weight excluding hydrogens is 346 g/mol. The quantitative estimate of drug-likeness (QED) is 0.833. The number of nitrogens with zero attached hydrogens (tertiary/aromatic N) is 1. The zero-order chi connectivity index (χ0) is 16.7. The number of nitrogen functional groups attached to an aromatic ring is 1. The number of rotatable bonds is 2. The number of nitrogens with two attached hydrogens (primary N) is 1. The van der Waals surface area contributed by atoms with Crippen molar-refractivity contribution in [1.29, 1.82) is 0 Å². The van der Waals surface area contributed by atoms with Crippen LogP contribution in [0.1, 0.15) is 16.1 Å². The molecule has 1 aromatic heterocycles. The lowest BCUT2D eigenvalue weighted by Gasteiger charge is -2.13. The highest BCUT2D eigenvalue weighted by Gasteiger charge is 2.27. The van der Waals surface area contributed by atoms with Crippen molar-refractivity contribution in [2.24, 2.45) is 0 Å². The van der Waals surface area contributed by atoms with E-state index in [9.17, 15) is 9.18 Å². The second-order valence-electron chi connectivity index (χ2n) is 4.84. The number of benzene rings is 1. The number of pyridine rings is 1. The fraction of sp³-hybridized carbons (Fsp3) is 0.200. The largest absolute Gasteiger partial charge is 0.491 e. The van der Waals surface area contributed by atoms with Gasteiger partial charge in [-0.1, -0.05) is 29.3 Å². The number of esters is 1. The Hall–Kier alpha value is -2.05. The van der Waals surface area contributed by atoms with E-state index in [2.05, 4.69) is 9.72 Å². The average molecular weight is 357 g/mol. The van der Waals surface area contributed by atoms with Gasteiger partial charge in [0.2, 0.25) is 0 Å². The summed E-state index contributed by atoms with van der Waals surface area (Å²) in [4.78, 5) is 15.8. The van der Waals surface area contributed by atoms with Crippen LogP contribution >= 0.6 is 23.2 Å². The highest BCUT2D eigenvalue weighted by Crippen LogP contribution is 2.41. The van der Waals surface area contributed by atoms with Crippen LogP contribution in [0.25, 0.3) is 11.3 Å². The van der Waals surface area contributed by atoms with E-state index < -0.39 is 11.8 Å². The number of fused-ring (bicyclic) bond motifs is 1. The third-order valence-corrected chi connectivity index (χ3v) is 4.24. The molecule has 2 N–H and O–H groups in total. The summed E-state index contributed by atoms with van der Waals surface area (Å²) < 4.78 is 24.6. The number of hydrogen-bond donors (Lipinski definition) is 1. The zero-order valence-corrected chi connectivity index (χ0v) is 13.5. The summed E-state index contributed by atoms with van der Waals surface area (Å²) in [5, 5.41) is 0.150. The van der Waals surface area contributed by atoms with Crippen molar-refractivity contribution < 1.29 is 18.7 Å². The topological polar surface area (TPSA) is 74.4 Å². The van der Waals surface area contributed by atoms with Gasteiger partial charge in [-0.25, -0.2) is 14.2 Å². The number of aromatic nitrogens is 1. The van der Waals surface area contributed by atoms with Crippen LogP contribution in [-0.2, 0) is 11.2 Å². The monoisotopic (exact) mass is 356 g/mol.